The van der Waals surface area contributed by atoms with Crippen molar-refractivity contribution in [3.05, 3.63) is 45.1 Å². The maximum Gasteiger partial charge on any atom is 0.241 e. The zero-order valence-corrected chi connectivity index (χ0v) is 14.1. The molecular formula is C14H17ClN2O2S2. The van der Waals surface area contributed by atoms with E-state index in [0.717, 1.165) is 4.88 Å². The molecule has 0 spiro atoms. The molecule has 4 nitrogen and oxygen atoms in total. The summed E-state index contributed by atoms with van der Waals surface area (Å²) in [5.74, 6) is 0. The summed E-state index contributed by atoms with van der Waals surface area (Å²) in [4.78, 5) is 1.11. The van der Waals surface area contributed by atoms with E-state index in [4.69, 9.17) is 17.3 Å². The van der Waals surface area contributed by atoms with Crippen molar-refractivity contribution < 1.29 is 8.42 Å². The van der Waals surface area contributed by atoms with Crippen LogP contribution >= 0.6 is 22.9 Å². The third-order valence-corrected chi connectivity index (χ3v) is 6.05. The minimum Gasteiger partial charge on any atom is -0.398 e. The minimum absolute atomic E-state index is 0.127. The second-order valence-electron chi connectivity index (χ2n) is 4.72. The Hall–Kier alpha value is -1.08. The fourth-order valence-electron chi connectivity index (χ4n) is 2.04. The molecule has 0 saturated carbocycles. The van der Waals surface area contributed by atoms with Crippen LogP contribution in [0.4, 0.5) is 5.69 Å². The summed E-state index contributed by atoms with van der Waals surface area (Å²) in [6, 6.07) is 6.54. The van der Waals surface area contributed by atoms with E-state index in [9.17, 15) is 8.42 Å². The zero-order chi connectivity index (χ0) is 15.6. The lowest BCUT2D eigenvalue weighted by Gasteiger charge is -2.17. The molecule has 0 aliphatic heterocycles. The fraction of sp³-hybridized carbons (Fsp3) is 0.286. The van der Waals surface area contributed by atoms with E-state index in [1.54, 1.807) is 13.0 Å². The third-order valence-electron chi connectivity index (χ3n) is 3.25. The molecule has 1 aromatic carbocycles. The zero-order valence-electron chi connectivity index (χ0n) is 11.8. The van der Waals surface area contributed by atoms with Crippen molar-refractivity contribution in [1.29, 1.82) is 0 Å². The third kappa shape index (κ3) is 3.58. The van der Waals surface area contributed by atoms with E-state index in [1.807, 2.05) is 24.4 Å². The predicted octanol–water partition coefficient (Wildman–Crippen LogP) is 3.72. The first-order valence-corrected chi connectivity index (χ1v) is 9.20. The highest BCUT2D eigenvalue weighted by molar-refractivity contribution is 7.89. The van der Waals surface area contributed by atoms with Crippen LogP contribution in [0, 0.1) is 6.92 Å². The van der Waals surface area contributed by atoms with Gasteiger partial charge < -0.3 is 5.73 Å². The second-order valence-corrected chi connectivity index (χ2v) is 7.81. The maximum atomic E-state index is 12.6. The highest BCUT2D eigenvalue weighted by Gasteiger charge is 2.23. The van der Waals surface area contributed by atoms with Gasteiger partial charge in [0.25, 0.3) is 0 Å². The van der Waals surface area contributed by atoms with Crippen LogP contribution in [0.3, 0.4) is 0 Å². The van der Waals surface area contributed by atoms with E-state index in [-0.39, 0.29) is 10.9 Å². The van der Waals surface area contributed by atoms with Gasteiger partial charge in [0.1, 0.15) is 0 Å². The average molecular weight is 345 g/mol. The molecule has 0 amide bonds. The lowest BCUT2D eigenvalue weighted by Crippen LogP contribution is -2.28. The molecule has 0 fully saturated rings. The van der Waals surface area contributed by atoms with Crippen LogP contribution < -0.4 is 10.5 Å². The number of nitrogens with one attached hydrogen (secondary N) is 1. The van der Waals surface area contributed by atoms with Gasteiger partial charge in [-0.1, -0.05) is 24.6 Å². The Balaban J connectivity index is 2.39. The largest absolute Gasteiger partial charge is 0.398 e. The highest BCUT2D eigenvalue weighted by atomic mass is 35.5. The van der Waals surface area contributed by atoms with Crippen molar-refractivity contribution in [2.24, 2.45) is 0 Å². The first kappa shape index (κ1) is 16.3. The summed E-state index contributed by atoms with van der Waals surface area (Å²) >= 11 is 7.45. The van der Waals surface area contributed by atoms with Gasteiger partial charge in [-0.25, -0.2) is 13.1 Å². The second kappa shape index (κ2) is 6.36. The van der Waals surface area contributed by atoms with Crippen molar-refractivity contribution in [2.75, 3.05) is 5.73 Å². The summed E-state index contributed by atoms with van der Waals surface area (Å²) < 4.78 is 27.9. The van der Waals surface area contributed by atoms with Crippen LogP contribution in [0.2, 0.25) is 5.02 Å². The molecule has 0 bridgehead atoms. The van der Waals surface area contributed by atoms with Crippen molar-refractivity contribution in [2.45, 2.75) is 31.2 Å². The quantitative estimate of drug-likeness (QED) is 0.812. The number of sulfonamides is 1. The molecule has 1 aromatic heterocycles. The first-order valence-electron chi connectivity index (χ1n) is 6.46. The van der Waals surface area contributed by atoms with Crippen molar-refractivity contribution >= 4 is 38.6 Å². The van der Waals surface area contributed by atoms with E-state index in [2.05, 4.69) is 4.72 Å². The van der Waals surface area contributed by atoms with Gasteiger partial charge in [0, 0.05) is 15.6 Å². The molecule has 1 unspecified atom stereocenters. The molecule has 3 N–H and O–H groups in total. The number of rotatable bonds is 5. The van der Waals surface area contributed by atoms with Crippen molar-refractivity contribution in [1.82, 2.24) is 4.72 Å². The fourth-order valence-corrected chi connectivity index (χ4v) is 4.86. The summed E-state index contributed by atoms with van der Waals surface area (Å²) in [6.45, 7) is 3.61. The van der Waals surface area contributed by atoms with E-state index in [1.165, 1.54) is 17.4 Å². The van der Waals surface area contributed by atoms with Gasteiger partial charge in [0.15, 0.2) is 0 Å². The first-order chi connectivity index (χ1) is 9.85. The smallest absolute Gasteiger partial charge is 0.241 e. The Morgan fingerprint density at radius 3 is 2.71 bits per heavy atom. The lowest BCUT2D eigenvalue weighted by molar-refractivity contribution is 0.552. The van der Waals surface area contributed by atoms with Crippen LogP contribution in [0.25, 0.3) is 0 Å². The molecule has 21 heavy (non-hydrogen) atoms. The van der Waals surface area contributed by atoms with Crippen LogP contribution in [0.5, 0.6) is 0 Å². The van der Waals surface area contributed by atoms with Gasteiger partial charge in [-0.3, -0.25) is 0 Å². The van der Waals surface area contributed by atoms with Crippen LogP contribution in [-0.2, 0) is 10.0 Å². The van der Waals surface area contributed by atoms with Gasteiger partial charge in [-0.2, -0.15) is 0 Å². The molecule has 1 atom stereocenters. The van der Waals surface area contributed by atoms with Crippen LogP contribution in [-0.4, -0.2) is 8.42 Å². The van der Waals surface area contributed by atoms with Crippen LogP contribution in [0.15, 0.2) is 34.5 Å². The Morgan fingerprint density at radius 2 is 2.14 bits per heavy atom. The number of benzene rings is 1. The molecule has 0 radical (unpaired) electrons. The predicted molar refractivity (Wildman–Crippen MR) is 88.3 cm³/mol. The number of thiophene rings is 1. The van der Waals surface area contributed by atoms with Crippen LogP contribution in [0.1, 0.15) is 29.8 Å². The van der Waals surface area contributed by atoms with Gasteiger partial charge in [0.2, 0.25) is 10.0 Å². The summed E-state index contributed by atoms with van der Waals surface area (Å²) in [5.41, 5.74) is 6.68. The van der Waals surface area contributed by atoms with E-state index < -0.39 is 10.0 Å². The lowest BCUT2D eigenvalue weighted by atomic mass is 10.2. The molecule has 0 aliphatic rings. The molecule has 114 valence electrons. The van der Waals surface area contributed by atoms with Crippen molar-refractivity contribution in [3.63, 3.8) is 0 Å². The Morgan fingerprint density at radius 1 is 1.43 bits per heavy atom. The number of nitrogens with two attached hydrogens (primary N) is 1. The molecule has 2 rings (SSSR count). The Kier molecular flexibility index (Phi) is 4.93. The minimum atomic E-state index is -3.68. The number of nitrogen functional groups attached to an aromatic ring is 1. The van der Waals surface area contributed by atoms with Crippen molar-refractivity contribution in [3.8, 4) is 0 Å². The summed E-state index contributed by atoms with van der Waals surface area (Å²) in [7, 11) is -3.68. The maximum absolute atomic E-state index is 12.6. The van der Waals surface area contributed by atoms with Gasteiger partial charge in [0.05, 0.1) is 10.9 Å². The van der Waals surface area contributed by atoms with Gasteiger partial charge >= 0.3 is 0 Å². The summed E-state index contributed by atoms with van der Waals surface area (Å²) in [5, 5.41) is 2.23. The normalized spacial score (nSPS) is 13.3. The standard InChI is InChI=1S/C14H17ClN2O2S2/c1-3-12(13-5-4-6-20-13)17-21(18,19)14-8-10(15)7-11(16)9(14)2/h4-8,12,17H,3,16H2,1-2H3. The molecular weight excluding hydrogens is 328 g/mol. The topological polar surface area (TPSA) is 72.2 Å². The number of halogens is 1. The number of hydrogen-bond donors (Lipinski definition) is 2. The highest BCUT2D eigenvalue weighted by Crippen LogP contribution is 2.29. The number of hydrogen-bond acceptors (Lipinski definition) is 4. The SMILES string of the molecule is CCC(NS(=O)(=O)c1cc(Cl)cc(N)c1C)c1cccs1. The Labute approximate surface area is 134 Å². The number of anilines is 1. The van der Waals surface area contributed by atoms with Gasteiger partial charge in [-0.05, 0) is 42.5 Å². The molecule has 0 aliphatic carbocycles. The van der Waals surface area contributed by atoms with E-state index in [0.29, 0.717) is 22.7 Å². The van der Waals surface area contributed by atoms with Gasteiger partial charge in [-0.15, -0.1) is 11.3 Å². The average Bonchev–Trinajstić information content (AvgIpc) is 2.94. The van der Waals surface area contributed by atoms with E-state index >= 15 is 0 Å². The molecule has 7 heteroatoms. The molecule has 0 saturated heterocycles. The molecule has 2 aromatic rings. The molecule has 1 heterocycles. The monoisotopic (exact) mass is 344 g/mol. The Bertz CT molecular complexity index is 728. The summed E-state index contributed by atoms with van der Waals surface area (Å²) in [6.07, 6.45) is 0.662.